The number of para-hydroxylation sites is 1. The number of aromatic nitrogens is 1. The molecule has 0 unspecified atom stereocenters. The number of rotatable bonds is 5. The minimum absolute atomic E-state index is 0.238. The molecule has 1 amide bonds. The molecular weight excluding hydrogens is 244 g/mol. The number of pyridine rings is 1. The van der Waals surface area contributed by atoms with Gasteiger partial charge in [-0.25, -0.2) is 0 Å². The summed E-state index contributed by atoms with van der Waals surface area (Å²) in [5.74, 6) is -0.238. The maximum atomic E-state index is 12.1. The highest BCUT2D eigenvalue weighted by Crippen LogP contribution is 2.14. The number of nitrogens with one attached hydrogen (secondary N) is 2. The van der Waals surface area contributed by atoms with E-state index in [1.54, 1.807) is 13.2 Å². The Bertz CT molecular complexity index is 634. The van der Waals surface area contributed by atoms with Crippen molar-refractivity contribution < 1.29 is 9.53 Å². The van der Waals surface area contributed by atoms with Gasteiger partial charge in [0.25, 0.3) is 5.91 Å². The Balaban J connectivity index is 2.24. The van der Waals surface area contributed by atoms with Gasteiger partial charge in [0.15, 0.2) is 0 Å². The normalized spacial score (nSPS) is 10.6. The first-order valence-electron chi connectivity index (χ1n) is 6.11. The SMILES string of the molecule is COCCCNC(=O)c1cc(=O)[nH]c2ccccc12. The van der Waals surface area contributed by atoms with Crippen molar-refractivity contribution in [1.82, 2.24) is 10.3 Å². The fourth-order valence-corrected chi connectivity index (χ4v) is 1.91. The fourth-order valence-electron chi connectivity index (χ4n) is 1.91. The number of carbonyl (C=O) groups excluding carboxylic acids is 1. The lowest BCUT2D eigenvalue weighted by Gasteiger charge is -2.07. The molecule has 0 bridgehead atoms. The van der Waals surface area contributed by atoms with Crippen LogP contribution in [0.3, 0.4) is 0 Å². The Morgan fingerprint density at radius 2 is 2.16 bits per heavy atom. The minimum Gasteiger partial charge on any atom is -0.385 e. The molecule has 100 valence electrons. The van der Waals surface area contributed by atoms with Crippen LogP contribution in [0.2, 0.25) is 0 Å². The molecule has 1 aromatic carbocycles. The fraction of sp³-hybridized carbons (Fsp3) is 0.286. The summed E-state index contributed by atoms with van der Waals surface area (Å²) in [5.41, 5.74) is 0.787. The number of benzene rings is 1. The third-order valence-corrected chi connectivity index (χ3v) is 2.81. The molecule has 0 radical (unpaired) electrons. The van der Waals surface area contributed by atoms with Gasteiger partial charge in [-0.2, -0.15) is 0 Å². The van der Waals surface area contributed by atoms with E-state index in [9.17, 15) is 9.59 Å². The molecule has 2 N–H and O–H groups in total. The van der Waals surface area contributed by atoms with Crippen molar-refractivity contribution in [1.29, 1.82) is 0 Å². The first kappa shape index (κ1) is 13.3. The van der Waals surface area contributed by atoms with Crippen molar-refractivity contribution in [2.45, 2.75) is 6.42 Å². The second-order valence-corrected chi connectivity index (χ2v) is 4.20. The molecule has 0 saturated heterocycles. The Labute approximate surface area is 110 Å². The van der Waals surface area contributed by atoms with E-state index in [0.29, 0.717) is 24.2 Å². The molecule has 0 aliphatic carbocycles. The molecular formula is C14H16N2O3. The molecule has 0 spiro atoms. The average molecular weight is 260 g/mol. The van der Waals surface area contributed by atoms with E-state index >= 15 is 0 Å². The smallest absolute Gasteiger partial charge is 0.252 e. The van der Waals surface area contributed by atoms with Crippen molar-refractivity contribution >= 4 is 16.8 Å². The minimum atomic E-state index is -0.277. The van der Waals surface area contributed by atoms with Gasteiger partial charge in [0.2, 0.25) is 5.56 Å². The zero-order valence-electron chi connectivity index (χ0n) is 10.7. The molecule has 0 saturated carbocycles. The summed E-state index contributed by atoms with van der Waals surface area (Å²) < 4.78 is 4.91. The molecule has 0 aliphatic rings. The van der Waals surface area contributed by atoms with Gasteiger partial charge in [-0.3, -0.25) is 9.59 Å². The van der Waals surface area contributed by atoms with Gasteiger partial charge < -0.3 is 15.0 Å². The lowest BCUT2D eigenvalue weighted by molar-refractivity contribution is 0.0950. The van der Waals surface area contributed by atoms with Gasteiger partial charge in [0.05, 0.1) is 5.56 Å². The molecule has 1 aromatic heterocycles. The molecule has 0 fully saturated rings. The maximum Gasteiger partial charge on any atom is 0.252 e. The lowest BCUT2D eigenvalue weighted by atomic mass is 10.1. The van der Waals surface area contributed by atoms with Gasteiger partial charge in [-0.1, -0.05) is 18.2 Å². The highest BCUT2D eigenvalue weighted by Gasteiger charge is 2.10. The number of ether oxygens (including phenoxy) is 1. The van der Waals surface area contributed by atoms with E-state index < -0.39 is 0 Å². The van der Waals surface area contributed by atoms with Crippen LogP contribution >= 0.6 is 0 Å². The molecule has 5 heteroatoms. The highest BCUT2D eigenvalue weighted by molar-refractivity contribution is 6.05. The van der Waals surface area contributed by atoms with Crippen LogP contribution < -0.4 is 10.9 Å². The first-order valence-corrected chi connectivity index (χ1v) is 6.11. The number of hydrogen-bond acceptors (Lipinski definition) is 3. The highest BCUT2D eigenvalue weighted by atomic mass is 16.5. The van der Waals surface area contributed by atoms with E-state index in [1.807, 2.05) is 18.2 Å². The standard InChI is InChI=1S/C14H16N2O3/c1-19-8-4-7-15-14(18)11-9-13(17)16-12-6-3-2-5-10(11)12/h2-3,5-6,9H,4,7-8H2,1H3,(H,15,18)(H,16,17). The number of amides is 1. The summed E-state index contributed by atoms with van der Waals surface area (Å²) in [5, 5.41) is 3.52. The molecule has 2 aromatic rings. The monoisotopic (exact) mass is 260 g/mol. The van der Waals surface area contributed by atoms with Crippen molar-refractivity contribution in [3.05, 3.63) is 46.2 Å². The van der Waals surface area contributed by atoms with Crippen molar-refractivity contribution in [2.75, 3.05) is 20.3 Å². The third-order valence-electron chi connectivity index (χ3n) is 2.81. The van der Waals surface area contributed by atoms with Crippen LogP contribution in [-0.4, -0.2) is 31.2 Å². The predicted octanol–water partition coefficient (Wildman–Crippen LogP) is 1.29. The van der Waals surface area contributed by atoms with Crippen LogP contribution in [0.4, 0.5) is 0 Å². The summed E-state index contributed by atoms with van der Waals surface area (Å²) in [7, 11) is 1.62. The van der Waals surface area contributed by atoms with Crippen molar-refractivity contribution in [3.8, 4) is 0 Å². The summed E-state index contributed by atoms with van der Waals surface area (Å²) >= 11 is 0. The Hall–Kier alpha value is -2.14. The molecule has 1 heterocycles. The predicted molar refractivity (Wildman–Crippen MR) is 73.4 cm³/mol. The van der Waals surface area contributed by atoms with Crippen LogP contribution in [0.1, 0.15) is 16.8 Å². The maximum absolute atomic E-state index is 12.1. The van der Waals surface area contributed by atoms with Crippen LogP contribution in [0.25, 0.3) is 10.9 Å². The van der Waals surface area contributed by atoms with Gasteiger partial charge >= 0.3 is 0 Å². The Morgan fingerprint density at radius 1 is 1.37 bits per heavy atom. The Morgan fingerprint density at radius 3 is 2.95 bits per heavy atom. The van der Waals surface area contributed by atoms with Crippen LogP contribution in [0.5, 0.6) is 0 Å². The Kier molecular flexibility index (Phi) is 4.30. The summed E-state index contributed by atoms with van der Waals surface area (Å²) in [4.78, 5) is 26.3. The second-order valence-electron chi connectivity index (χ2n) is 4.20. The zero-order valence-corrected chi connectivity index (χ0v) is 10.7. The van der Waals surface area contributed by atoms with Gasteiger partial charge in [0.1, 0.15) is 0 Å². The van der Waals surface area contributed by atoms with Crippen LogP contribution in [0.15, 0.2) is 35.1 Å². The summed E-state index contributed by atoms with van der Waals surface area (Å²) in [6.07, 6.45) is 0.739. The van der Waals surface area contributed by atoms with Gasteiger partial charge in [-0.15, -0.1) is 0 Å². The summed E-state index contributed by atoms with van der Waals surface area (Å²) in [6.45, 7) is 1.12. The molecule has 2 rings (SSSR count). The topological polar surface area (TPSA) is 71.2 Å². The number of aromatic amines is 1. The molecule has 0 atom stereocenters. The lowest BCUT2D eigenvalue weighted by Crippen LogP contribution is -2.26. The molecule has 5 nitrogen and oxygen atoms in total. The van der Waals surface area contributed by atoms with Crippen molar-refractivity contribution in [3.63, 3.8) is 0 Å². The van der Waals surface area contributed by atoms with Crippen LogP contribution in [-0.2, 0) is 4.74 Å². The number of hydrogen-bond donors (Lipinski definition) is 2. The third kappa shape index (κ3) is 3.20. The van der Waals surface area contributed by atoms with E-state index in [2.05, 4.69) is 10.3 Å². The average Bonchev–Trinajstić information content (AvgIpc) is 2.42. The molecule has 0 aliphatic heterocycles. The second kappa shape index (κ2) is 6.15. The first-order chi connectivity index (χ1) is 9.22. The van der Waals surface area contributed by atoms with E-state index in [-0.39, 0.29) is 11.5 Å². The quantitative estimate of drug-likeness (QED) is 0.796. The van der Waals surface area contributed by atoms with Crippen LogP contribution in [0, 0.1) is 0 Å². The van der Waals surface area contributed by atoms with E-state index in [1.165, 1.54) is 6.07 Å². The zero-order chi connectivity index (χ0) is 13.7. The van der Waals surface area contributed by atoms with E-state index in [4.69, 9.17) is 4.74 Å². The van der Waals surface area contributed by atoms with E-state index in [0.717, 1.165) is 11.8 Å². The number of carbonyl (C=O) groups is 1. The number of methoxy groups -OCH3 is 1. The molecule has 19 heavy (non-hydrogen) atoms. The largest absolute Gasteiger partial charge is 0.385 e. The summed E-state index contributed by atoms with van der Waals surface area (Å²) in [6, 6.07) is 8.57. The van der Waals surface area contributed by atoms with Crippen molar-refractivity contribution in [2.24, 2.45) is 0 Å². The van der Waals surface area contributed by atoms with Gasteiger partial charge in [-0.05, 0) is 12.5 Å². The van der Waals surface area contributed by atoms with Gasteiger partial charge in [0, 0.05) is 37.2 Å². The number of H-pyrrole nitrogens is 1. The number of fused-ring (bicyclic) bond motifs is 1.